The number of phosphoric acid groups is 2. The molecule has 0 aromatic carbocycles. The average Bonchev–Trinajstić information content (AvgIpc) is 3.56. The van der Waals surface area contributed by atoms with E-state index in [0.29, 0.717) is 24.8 Å². The first kappa shape index (κ1) is 36.9. The number of phosphoric ester groups is 2. The fourth-order valence-corrected chi connectivity index (χ4v) is 7.72. The predicted molar refractivity (Wildman–Crippen MR) is 162 cm³/mol. The lowest BCUT2D eigenvalue weighted by molar-refractivity contribution is -0.233. The summed E-state index contributed by atoms with van der Waals surface area (Å²) in [4.78, 5) is 78.2. The number of aromatic amines is 2. The molecule has 3 N–H and O–H groups in total. The number of aliphatic hydroxyl groups is 1. The van der Waals surface area contributed by atoms with Gasteiger partial charge in [0.15, 0.2) is 0 Å². The second kappa shape index (κ2) is 15.5. The number of hydrogen-bond donors (Lipinski definition) is 3. The lowest BCUT2D eigenvalue weighted by atomic mass is 10.1. The number of hydrogen-bond acceptors (Lipinski definition) is 13. The van der Waals surface area contributed by atoms with Crippen molar-refractivity contribution in [1.29, 1.82) is 0 Å². The van der Waals surface area contributed by atoms with E-state index in [2.05, 4.69) is 15.9 Å². The summed E-state index contributed by atoms with van der Waals surface area (Å²) in [5.74, 6) is 0.866. The van der Waals surface area contributed by atoms with Gasteiger partial charge in [-0.3, -0.25) is 37.8 Å². The Morgan fingerprint density at radius 1 is 0.851 bits per heavy atom. The third kappa shape index (κ3) is 9.82. The first-order chi connectivity index (χ1) is 22.1. The number of aryl methyl sites for hydroxylation is 2. The average molecular weight is 701 g/mol. The van der Waals surface area contributed by atoms with Crippen molar-refractivity contribution in [2.45, 2.75) is 83.1 Å². The van der Waals surface area contributed by atoms with E-state index in [1.54, 1.807) is 0 Å². The lowest BCUT2D eigenvalue weighted by Crippen LogP contribution is -2.32. The highest BCUT2D eigenvalue weighted by atomic mass is 31.2. The van der Waals surface area contributed by atoms with Crippen LogP contribution in [0.1, 0.15) is 68.2 Å². The predicted octanol–water partition coefficient (Wildman–Crippen LogP) is 0.142. The summed E-state index contributed by atoms with van der Waals surface area (Å²) in [7, 11) is -9.87. The van der Waals surface area contributed by atoms with Gasteiger partial charge in [0.2, 0.25) is 0 Å². The molecule has 0 amide bonds. The Kier molecular flexibility index (Phi) is 12.2. The number of unbranched alkanes of at least 4 members (excludes halogenated alkanes) is 2. The van der Waals surface area contributed by atoms with Crippen molar-refractivity contribution in [1.82, 2.24) is 19.1 Å². The van der Waals surface area contributed by atoms with Crippen molar-refractivity contribution < 1.29 is 42.1 Å². The zero-order valence-corrected chi connectivity index (χ0v) is 27.7. The highest BCUT2D eigenvalue weighted by molar-refractivity contribution is 7.46. The Morgan fingerprint density at radius 2 is 1.38 bits per heavy atom. The van der Waals surface area contributed by atoms with Crippen LogP contribution in [0.2, 0.25) is 0 Å². The molecule has 2 aliphatic rings. The molecule has 4 rings (SSSR count). The molecule has 0 spiro atoms. The summed E-state index contributed by atoms with van der Waals surface area (Å²) in [5.41, 5.74) is -1.99. The first-order valence-electron chi connectivity index (χ1n) is 15.1. The first-order valence-corrected chi connectivity index (χ1v) is 18.0. The molecular weight excluding hydrogens is 662 g/mol. The number of aromatic nitrogens is 4. The minimum atomic E-state index is -5.09. The van der Waals surface area contributed by atoms with Crippen molar-refractivity contribution in [2.24, 2.45) is 11.8 Å². The number of terminal acetylenes is 1. The van der Waals surface area contributed by atoms with Crippen LogP contribution in [0.25, 0.3) is 0 Å². The summed E-state index contributed by atoms with van der Waals surface area (Å²) in [6.07, 6.45) is 7.30. The topological polar surface area (TPSA) is 247 Å². The van der Waals surface area contributed by atoms with Gasteiger partial charge in [0.25, 0.3) is 26.8 Å². The van der Waals surface area contributed by atoms with E-state index in [-0.39, 0.29) is 37.9 Å². The minimum absolute atomic E-state index is 0.0502. The maximum absolute atomic E-state index is 13.0. The fourth-order valence-electron chi connectivity index (χ4n) is 5.90. The van der Waals surface area contributed by atoms with Crippen molar-refractivity contribution in [3.63, 3.8) is 0 Å². The molecule has 260 valence electrons. The Hall–Kier alpha value is -2.90. The van der Waals surface area contributed by atoms with E-state index < -0.39 is 87.5 Å². The second-order valence-electron chi connectivity index (χ2n) is 11.9. The van der Waals surface area contributed by atoms with E-state index in [9.17, 15) is 43.2 Å². The van der Waals surface area contributed by atoms with Gasteiger partial charge in [-0.2, -0.15) is 0 Å². The molecule has 0 bridgehead atoms. The molecule has 17 nitrogen and oxygen atoms in total. The summed E-state index contributed by atoms with van der Waals surface area (Å²) < 4.78 is 48.3. The summed E-state index contributed by atoms with van der Waals surface area (Å²) in [5, 5.41) is 10.6. The zero-order valence-electron chi connectivity index (χ0n) is 25.9. The lowest BCUT2D eigenvalue weighted by Gasteiger charge is -2.31. The molecule has 19 heteroatoms. The van der Waals surface area contributed by atoms with Gasteiger partial charge in [0, 0.05) is 53.9 Å². The largest absolute Gasteiger partial charge is 0.756 e. The Morgan fingerprint density at radius 3 is 1.98 bits per heavy atom. The van der Waals surface area contributed by atoms with Crippen LogP contribution in [-0.2, 0) is 27.2 Å². The Bertz CT molecular complexity index is 1790. The minimum Gasteiger partial charge on any atom is -0.756 e. The smallest absolute Gasteiger partial charge is 0.328 e. The van der Waals surface area contributed by atoms with Gasteiger partial charge in [-0.15, -0.1) is 12.3 Å². The van der Waals surface area contributed by atoms with Gasteiger partial charge in [-0.1, -0.05) is 0 Å². The number of nitrogens with zero attached hydrogens (tertiary/aromatic N) is 2. The molecule has 0 radical (unpaired) electrons. The standard InChI is InChI=1S/C28H40N4O13P2/c1-4-5-6-7-8-42-46(38,39)43-16-20-10-22(32-14-18(3)26(35)30-28(32)37)12-24(20)45-47(40,41)44-15-19-9-21(11-23(19)33)31-13-17(2)25(34)29-27(31)36/h1,13-14,19-24,33H,5-12,15-16H2,2-3H3,(H,38,39)(H,40,41)(H,29,34,36)(H,30,35,37)/p-2/t19-,20-,21-,22-,23-,24-/m1/s1. The van der Waals surface area contributed by atoms with Crippen LogP contribution >= 0.6 is 15.6 Å². The summed E-state index contributed by atoms with van der Waals surface area (Å²) in [6.45, 7) is 1.85. The van der Waals surface area contributed by atoms with Crippen LogP contribution < -0.4 is 32.3 Å². The van der Waals surface area contributed by atoms with Gasteiger partial charge < -0.3 is 33.0 Å². The molecule has 2 fully saturated rings. The quantitative estimate of drug-likeness (QED) is 0.127. The van der Waals surface area contributed by atoms with Crippen LogP contribution in [0.5, 0.6) is 0 Å². The van der Waals surface area contributed by atoms with Gasteiger partial charge >= 0.3 is 11.4 Å². The van der Waals surface area contributed by atoms with Gasteiger partial charge in [0.1, 0.15) is 0 Å². The highest BCUT2D eigenvalue weighted by Crippen LogP contribution is 2.50. The van der Waals surface area contributed by atoms with Gasteiger partial charge in [-0.05, 0) is 52.4 Å². The SMILES string of the molecule is C#CCCCCOP(=O)([O-])OC[C@H]1C[C@@H](n2cc(C)c(=O)[nH]c2=O)C[C@H]1OP(=O)([O-])OC[C@H]1C[C@@H](n2cc(C)c(=O)[nH]c2=O)C[C@H]1O. The van der Waals surface area contributed by atoms with Crippen molar-refractivity contribution in [3.05, 3.63) is 65.2 Å². The third-order valence-electron chi connectivity index (χ3n) is 8.44. The van der Waals surface area contributed by atoms with Crippen molar-refractivity contribution in [3.8, 4) is 12.3 Å². The molecule has 2 aliphatic carbocycles. The molecular formula is C28H38N4O13P2-2. The summed E-state index contributed by atoms with van der Waals surface area (Å²) >= 11 is 0. The van der Waals surface area contributed by atoms with Crippen LogP contribution in [0.3, 0.4) is 0 Å². The number of H-pyrrole nitrogens is 2. The normalized spacial score (nSPS) is 26.9. The molecule has 0 saturated heterocycles. The Balaban J connectivity index is 1.43. The van der Waals surface area contributed by atoms with Gasteiger partial charge in [0.05, 0.1) is 32.0 Å². The monoisotopic (exact) mass is 700 g/mol. The van der Waals surface area contributed by atoms with E-state index in [1.807, 2.05) is 0 Å². The number of nitrogens with one attached hydrogen (secondary N) is 2. The van der Waals surface area contributed by atoms with Crippen LogP contribution in [-0.4, -0.2) is 56.2 Å². The van der Waals surface area contributed by atoms with Crippen LogP contribution in [0.4, 0.5) is 0 Å². The number of aliphatic hydroxyl groups excluding tert-OH is 1. The molecule has 8 atom stereocenters. The van der Waals surface area contributed by atoms with E-state index >= 15 is 0 Å². The molecule has 2 unspecified atom stereocenters. The molecule has 2 heterocycles. The molecule has 47 heavy (non-hydrogen) atoms. The molecule has 2 aromatic heterocycles. The Labute approximate surface area is 269 Å². The number of rotatable bonds is 15. The van der Waals surface area contributed by atoms with E-state index in [1.165, 1.54) is 35.4 Å². The maximum atomic E-state index is 13.0. The van der Waals surface area contributed by atoms with Crippen LogP contribution in [0, 0.1) is 38.0 Å². The maximum Gasteiger partial charge on any atom is 0.328 e. The molecule has 2 saturated carbocycles. The van der Waals surface area contributed by atoms with Crippen LogP contribution in [0.15, 0.2) is 31.6 Å². The van der Waals surface area contributed by atoms with E-state index in [4.69, 9.17) is 24.5 Å². The summed E-state index contributed by atoms with van der Waals surface area (Å²) in [6, 6.07) is -1.21. The third-order valence-corrected chi connectivity index (χ3v) is 10.4. The fraction of sp³-hybridized carbons (Fsp3) is 0.643. The van der Waals surface area contributed by atoms with Gasteiger partial charge in [-0.25, -0.2) is 9.59 Å². The zero-order chi connectivity index (χ0) is 34.5. The van der Waals surface area contributed by atoms with Crippen molar-refractivity contribution in [2.75, 3.05) is 19.8 Å². The van der Waals surface area contributed by atoms with Crippen molar-refractivity contribution >= 4 is 15.6 Å². The highest BCUT2D eigenvalue weighted by Gasteiger charge is 2.41. The molecule has 2 aromatic rings. The molecule has 0 aliphatic heterocycles. The second-order valence-corrected chi connectivity index (χ2v) is 14.7. The van der Waals surface area contributed by atoms with E-state index in [0.717, 1.165) is 0 Å².